The highest BCUT2D eigenvalue weighted by molar-refractivity contribution is 6.10. The van der Waals surface area contributed by atoms with Crippen LogP contribution in [-0.2, 0) is 57.2 Å². The van der Waals surface area contributed by atoms with Gasteiger partial charge in [-0.15, -0.1) is 0 Å². The maximum absolute atomic E-state index is 12.8. The van der Waals surface area contributed by atoms with Gasteiger partial charge in [0, 0.05) is 6.42 Å². The Balaban J connectivity index is 4.01. The first-order chi connectivity index (χ1) is 14.1. The molecular formula is C18H24O12. The molecule has 0 aromatic carbocycles. The minimum atomic E-state index is -2.51. The zero-order valence-electron chi connectivity index (χ0n) is 17.5. The van der Waals surface area contributed by atoms with E-state index in [9.17, 15) is 28.8 Å². The van der Waals surface area contributed by atoms with Crippen LogP contribution >= 0.6 is 0 Å². The molecule has 0 bridgehead atoms. The van der Waals surface area contributed by atoms with Crippen LogP contribution in [0.3, 0.4) is 0 Å². The van der Waals surface area contributed by atoms with Crippen molar-refractivity contribution >= 4 is 35.8 Å². The summed E-state index contributed by atoms with van der Waals surface area (Å²) in [6, 6.07) is 0. The smallest absolute Gasteiger partial charge is 0.324 e. The number of methoxy groups -OCH3 is 6. The van der Waals surface area contributed by atoms with Crippen molar-refractivity contribution in [3.05, 3.63) is 0 Å². The van der Waals surface area contributed by atoms with E-state index in [0.29, 0.717) is 0 Å². The Bertz CT molecular complexity index is 647. The number of carbonyl (C=O) groups excluding carboxylic acids is 6. The molecule has 0 amide bonds. The summed E-state index contributed by atoms with van der Waals surface area (Å²) < 4.78 is 28.3. The molecule has 1 saturated carbocycles. The highest BCUT2D eigenvalue weighted by Crippen LogP contribution is 2.56. The SMILES string of the molecule is COC(=O)C1CC(C(=O)OC)C(C(=O)OC)(C(=O)OC)CC1(C(=O)OC)C(=O)OC. The third-order valence-electron chi connectivity index (χ3n) is 5.39. The molecule has 0 aliphatic heterocycles. The van der Waals surface area contributed by atoms with Gasteiger partial charge in [-0.1, -0.05) is 0 Å². The number of hydrogen-bond acceptors (Lipinski definition) is 12. The lowest BCUT2D eigenvalue weighted by Gasteiger charge is -2.47. The molecule has 0 saturated heterocycles. The first-order valence-corrected chi connectivity index (χ1v) is 8.58. The van der Waals surface area contributed by atoms with Gasteiger partial charge in [-0.05, 0) is 6.42 Å². The molecule has 1 fully saturated rings. The fraction of sp³-hybridized carbons (Fsp3) is 0.667. The van der Waals surface area contributed by atoms with E-state index < -0.39 is 71.3 Å². The summed E-state index contributed by atoms with van der Waals surface area (Å²) in [5, 5.41) is 0. The largest absolute Gasteiger partial charge is 0.469 e. The van der Waals surface area contributed by atoms with Gasteiger partial charge in [0.05, 0.1) is 54.5 Å². The molecule has 1 aliphatic carbocycles. The summed E-state index contributed by atoms with van der Waals surface area (Å²) in [7, 11) is 5.74. The topological polar surface area (TPSA) is 158 Å². The first kappa shape index (κ1) is 24.9. The number of ether oxygens (including phenoxy) is 6. The van der Waals surface area contributed by atoms with Crippen molar-refractivity contribution in [1.29, 1.82) is 0 Å². The summed E-state index contributed by atoms with van der Waals surface area (Å²) in [6.45, 7) is 0. The zero-order valence-corrected chi connectivity index (χ0v) is 17.5. The van der Waals surface area contributed by atoms with Crippen molar-refractivity contribution in [2.45, 2.75) is 12.8 Å². The summed E-state index contributed by atoms with van der Waals surface area (Å²) in [6.07, 6.45) is -1.69. The molecule has 12 heteroatoms. The van der Waals surface area contributed by atoms with E-state index in [1.165, 1.54) is 0 Å². The quantitative estimate of drug-likeness (QED) is 0.287. The highest BCUT2D eigenvalue weighted by atomic mass is 16.6. The van der Waals surface area contributed by atoms with Crippen LogP contribution in [0.5, 0.6) is 0 Å². The monoisotopic (exact) mass is 432 g/mol. The average Bonchev–Trinajstić information content (AvgIpc) is 2.79. The van der Waals surface area contributed by atoms with Crippen molar-refractivity contribution < 1.29 is 57.2 Å². The predicted octanol–water partition coefficient (Wildman–Crippen LogP) is -0.977. The van der Waals surface area contributed by atoms with Gasteiger partial charge in [-0.2, -0.15) is 0 Å². The molecule has 0 N–H and O–H groups in total. The number of hydrogen-bond donors (Lipinski definition) is 0. The third-order valence-corrected chi connectivity index (χ3v) is 5.39. The van der Waals surface area contributed by atoms with Crippen LogP contribution in [0.4, 0.5) is 0 Å². The summed E-state index contributed by atoms with van der Waals surface area (Å²) in [5.74, 6) is -10.5. The van der Waals surface area contributed by atoms with Gasteiger partial charge in [-0.3, -0.25) is 28.8 Å². The van der Waals surface area contributed by atoms with E-state index in [-0.39, 0.29) is 0 Å². The van der Waals surface area contributed by atoms with Crippen molar-refractivity contribution in [3.8, 4) is 0 Å². The maximum Gasteiger partial charge on any atom is 0.324 e. The predicted molar refractivity (Wildman–Crippen MR) is 93.2 cm³/mol. The van der Waals surface area contributed by atoms with Gasteiger partial charge in [-0.25, -0.2) is 0 Å². The fourth-order valence-electron chi connectivity index (χ4n) is 3.96. The molecule has 0 heterocycles. The molecule has 0 spiro atoms. The van der Waals surface area contributed by atoms with Gasteiger partial charge in [0.1, 0.15) is 0 Å². The lowest BCUT2D eigenvalue weighted by Crippen LogP contribution is -2.64. The first-order valence-electron chi connectivity index (χ1n) is 8.58. The summed E-state index contributed by atoms with van der Waals surface area (Å²) >= 11 is 0. The second-order valence-electron chi connectivity index (χ2n) is 6.47. The van der Waals surface area contributed by atoms with E-state index in [1.807, 2.05) is 0 Å². The van der Waals surface area contributed by atoms with Crippen LogP contribution in [0.2, 0.25) is 0 Å². The van der Waals surface area contributed by atoms with Crippen molar-refractivity contribution in [3.63, 3.8) is 0 Å². The van der Waals surface area contributed by atoms with E-state index >= 15 is 0 Å². The number of carbonyl (C=O) groups is 6. The Morgan fingerprint density at radius 3 is 1.00 bits per heavy atom. The van der Waals surface area contributed by atoms with E-state index in [0.717, 1.165) is 42.7 Å². The molecule has 12 nitrogen and oxygen atoms in total. The second-order valence-corrected chi connectivity index (χ2v) is 6.47. The molecule has 168 valence electrons. The van der Waals surface area contributed by atoms with Crippen molar-refractivity contribution in [2.75, 3.05) is 42.7 Å². The van der Waals surface area contributed by atoms with Crippen LogP contribution in [0.15, 0.2) is 0 Å². The summed E-state index contributed by atoms with van der Waals surface area (Å²) in [5.41, 5.74) is -5.02. The minimum Gasteiger partial charge on any atom is -0.469 e. The molecule has 0 aromatic rings. The third kappa shape index (κ3) is 3.57. The van der Waals surface area contributed by atoms with Crippen LogP contribution in [0.1, 0.15) is 12.8 Å². The van der Waals surface area contributed by atoms with E-state index in [2.05, 4.69) is 0 Å². The second kappa shape index (κ2) is 9.55. The van der Waals surface area contributed by atoms with E-state index in [1.54, 1.807) is 0 Å². The standard InChI is InChI=1S/C18H24O12/c1-25-11(19)9-7-10(12(20)26-2)18(15(23)29-5,16(24)30-6)8-17(9,13(21)27-3)14(22)28-4/h9-10H,7-8H2,1-6H3. The van der Waals surface area contributed by atoms with Crippen LogP contribution in [-0.4, -0.2) is 78.5 Å². The molecule has 0 aromatic heterocycles. The highest BCUT2D eigenvalue weighted by Gasteiger charge is 2.73. The summed E-state index contributed by atoms with van der Waals surface area (Å²) in [4.78, 5) is 76.4. The molecular weight excluding hydrogens is 408 g/mol. The lowest BCUT2D eigenvalue weighted by molar-refractivity contribution is -0.206. The van der Waals surface area contributed by atoms with Gasteiger partial charge >= 0.3 is 35.8 Å². The average molecular weight is 432 g/mol. The van der Waals surface area contributed by atoms with Crippen molar-refractivity contribution in [2.24, 2.45) is 22.7 Å². The van der Waals surface area contributed by atoms with Crippen LogP contribution < -0.4 is 0 Å². The number of esters is 6. The Hall–Kier alpha value is -3.18. The van der Waals surface area contributed by atoms with Gasteiger partial charge in [0.25, 0.3) is 0 Å². The van der Waals surface area contributed by atoms with Gasteiger partial charge < -0.3 is 28.4 Å². The molecule has 30 heavy (non-hydrogen) atoms. The molecule has 0 radical (unpaired) electrons. The maximum atomic E-state index is 12.8. The Kier molecular flexibility index (Phi) is 7.91. The Labute approximate surface area is 172 Å². The molecule has 1 aliphatic rings. The Morgan fingerprint density at radius 2 is 0.800 bits per heavy atom. The minimum absolute atomic E-state index is 0.673. The molecule has 2 unspecified atom stereocenters. The van der Waals surface area contributed by atoms with Gasteiger partial charge in [0.15, 0.2) is 10.8 Å². The lowest BCUT2D eigenvalue weighted by atomic mass is 9.52. The van der Waals surface area contributed by atoms with Gasteiger partial charge in [0.2, 0.25) is 0 Å². The van der Waals surface area contributed by atoms with Crippen LogP contribution in [0, 0.1) is 22.7 Å². The fourth-order valence-corrected chi connectivity index (χ4v) is 3.96. The number of rotatable bonds is 6. The zero-order chi connectivity index (χ0) is 23.3. The van der Waals surface area contributed by atoms with Crippen LogP contribution in [0.25, 0.3) is 0 Å². The molecule has 2 atom stereocenters. The van der Waals surface area contributed by atoms with Crippen molar-refractivity contribution in [1.82, 2.24) is 0 Å². The molecule has 1 rings (SSSR count). The van der Waals surface area contributed by atoms with E-state index in [4.69, 9.17) is 28.4 Å². The Morgan fingerprint density at radius 1 is 0.533 bits per heavy atom. The normalized spacial score (nSPS) is 21.4.